The molecule has 0 bridgehead atoms. The summed E-state index contributed by atoms with van der Waals surface area (Å²) in [4.78, 5) is 2.59. The first-order valence-corrected chi connectivity index (χ1v) is 20.8. The first kappa shape index (κ1) is 24.4. The standard InChI is InChI=1S/C26H37OPS2Si2/c1-25(2,3)31(7,8)21-16-19-23(29-21)24-20(28(19,27)18-14-12-11-13-15-18)17-22(30-24)32(9,10)26(4,5)6/h11-17H,1-10H3. The summed E-state index contributed by atoms with van der Waals surface area (Å²) in [7, 11) is -6.25. The first-order valence-electron chi connectivity index (χ1n) is 11.5. The lowest BCUT2D eigenvalue weighted by molar-refractivity contribution is 0.593. The van der Waals surface area contributed by atoms with Gasteiger partial charge in [-0.25, -0.2) is 0 Å². The SMILES string of the molecule is CC(C)(C)[Si](C)(C)c1cc2c(s1)-c1sc([Si](C)(C)C(C)(C)C)cc1P2(=O)c1ccccc1. The minimum atomic E-state index is -2.84. The third kappa shape index (κ3) is 3.38. The minimum Gasteiger partial charge on any atom is -0.309 e. The second kappa shape index (κ2) is 7.39. The molecule has 0 amide bonds. The molecule has 1 aromatic carbocycles. The van der Waals surface area contributed by atoms with Crippen molar-refractivity contribution >= 4 is 70.9 Å². The van der Waals surface area contributed by atoms with Gasteiger partial charge in [0.2, 0.25) is 0 Å². The van der Waals surface area contributed by atoms with Gasteiger partial charge in [-0.1, -0.05) is 98.1 Å². The maximum absolute atomic E-state index is 15.1. The fourth-order valence-electron chi connectivity index (χ4n) is 3.96. The second-order valence-corrected chi connectivity index (χ2v) is 28.4. The van der Waals surface area contributed by atoms with Crippen molar-refractivity contribution in [1.29, 1.82) is 0 Å². The van der Waals surface area contributed by atoms with Gasteiger partial charge in [-0.15, -0.1) is 22.7 Å². The average molecular weight is 517 g/mol. The molecule has 32 heavy (non-hydrogen) atoms. The Bertz CT molecular complexity index is 1150. The topological polar surface area (TPSA) is 17.1 Å². The van der Waals surface area contributed by atoms with Crippen molar-refractivity contribution in [2.24, 2.45) is 0 Å². The summed E-state index contributed by atoms with van der Waals surface area (Å²) in [6, 6.07) is 15.0. The van der Waals surface area contributed by atoms with Gasteiger partial charge < -0.3 is 4.57 Å². The Morgan fingerprint density at radius 2 is 1.06 bits per heavy atom. The molecule has 0 saturated carbocycles. The average Bonchev–Trinajstić information content (AvgIpc) is 3.35. The van der Waals surface area contributed by atoms with Crippen LogP contribution < -0.4 is 24.9 Å². The molecule has 0 N–H and O–H groups in total. The lowest BCUT2D eigenvalue weighted by atomic mass is 10.2. The number of fused-ring (bicyclic) bond motifs is 3. The number of rotatable bonds is 3. The molecule has 2 aromatic heterocycles. The molecule has 0 aliphatic carbocycles. The molecule has 6 heteroatoms. The van der Waals surface area contributed by atoms with E-state index in [0.717, 1.165) is 15.9 Å². The van der Waals surface area contributed by atoms with Crippen molar-refractivity contribution in [1.82, 2.24) is 0 Å². The molecule has 0 fully saturated rings. The van der Waals surface area contributed by atoms with Crippen molar-refractivity contribution in [2.45, 2.75) is 77.8 Å². The predicted molar refractivity (Wildman–Crippen MR) is 154 cm³/mol. The highest BCUT2D eigenvalue weighted by Crippen LogP contribution is 2.56. The van der Waals surface area contributed by atoms with Gasteiger partial charge in [0.05, 0.1) is 25.9 Å². The fourth-order valence-corrected chi connectivity index (χ4v) is 17.2. The number of benzene rings is 1. The molecular weight excluding hydrogens is 480 g/mol. The van der Waals surface area contributed by atoms with Crippen molar-refractivity contribution in [3.05, 3.63) is 42.5 Å². The van der Waals surface area contributed by atoms with Crippen LogP contribution >= 0.6 is 29.8 Å². The fraction of sp³-hybridized carbons (Fsp3) is 0.462. The van der Waals surface area contributed by atoms with E-state index in [0.29, 0.717) is 0 Å². The van der Waals surface area contributed by atoms with Gasteiger partial charge in [-0.2, -0.15) is 0 Å². The van der Waals surface area contributed by atoms with Crippen LogP contribution in [0.2, 0.25) is 36.3 Å². The van der Waals surface area contributed by atoms with Gasteiger partial charge in [-0.3, -0.25) is 0 Å². The van der Waals surface area contributed by atoms with E-state index in [-0.39, 0.29) is 10.1 Å². The molecular formula is C26H37OPS2Si2. The van der Waals surface area contributed by atoms with E-state index < -0.39 is 23.3 Å². The Morgan fingerprint density at radius 1 is 0.688 bits per heavy atom. The minimum absolute atomic E-state index is 0.257. The molecule has 0 radical (unpaired) electrons. The van der Waals surface area contributed by atoms with Gasteiger partial charge in [-0.05, 0) is 31.2 Å². The molecule has 4 rings (SSSR count). The maximum atomic E-state index is 15.1. The second-order valence-electron chi connectivity index (χ2n) is 12.3. The molecule has 0 spiro atoms. The van der Waals surface area contributed by atoms with Crippen LogP contribution in [0.1, 0.15) is 41.5 Å². The van der Waals surface area contributed by atoms with Crippen LogP contribution in [0.25, 0.3) is 9.75 Å². The number of hydrogen-bond donors (Lipinski definition) is 0. The highest BCUT2D eigenvalue weighted by atomic mass is 32.1. The van der Waals surface area contributed by atoms with Gasteiger partial charge in [0, 0.05) is 15.9 Å². The zero-order valence-electron chi connectivity index (χ0n) is 21.2. The summed E-state index contributed by atoms with van der Waals surface area (Å²) in [6.45, 7) is 24.1. The van der Waals surface area contributed by atoms with E-state index in [1.54, 1.807) is 0 Å². The monoisotopic (exact) mass is 516 g/mol. The molecule has 0 unspecified atom stereocenters. The van der Waals surface area contributed by atoms with Crippen LogP contribution in [-0.4, -0.2) is 16.1 Å². The molecule has 3 aromatic rings. The Hall–Kier alpha value is -0.716. The highest BCUT2D eigenvalue weighted by molar-refractivity contribution is 7.87. The summed E-state index contributed by atoms with van der Waals surface area (Å²) in [5.41, 5.74) is 0. The quantitative estimate of drug-likeness (QED) is 0.215. The Labute approximate surface area is 204 Å². The molecule has 1 aliphatic heterocycles. The molecule has 0 saturated heterocycles. The molecule has 172 valence electrons. The van der Waals surface area contributed by atoms with Crippen LogP contribution in [-0.2, 0) is 4.57 Å². The largest absolute Gasteiger partial charge is 0.309 e. The van der Waals surface area contributed by atoms with Crippen LogP contribution in [0.5, 0.6) is 0 Å². The predicted octanol–water partition coefficient (Wildman–Crippen LogP) is 6.86. The summed E-state index contributed by atoms with van der Waals surface area (Å²) in [5.74, 6) is 0. The molecule has 0 atom stereocenters. The first-order chi connectivity index (χ1) is 14.5. The van der Waals surface area contributed by atoms with E-state index in [2.05, 4.69) is 92.0 Å². The highest BCUT2D eigenvalue weighted by Gasteiger charge is 2.48. The molecule has 3 heterocycles. The van der Waals surface area contributed by atoms with Crippen LogP contribution in [0.15, 0.2) is 42.5 Å². The van der Waals surface area contributed by atoms with E-state index in [9.17, 15) is 0 Å². The zero-order valence-corrected chi connectivity index (χ0v) is 25.7. The van der Waals surface area contributed by atoms with E-state index >= 15 is 4.57 Å². The third-order valence-corrected chi connectivity index (χ3v) is 27.8. The van der Waals surface area contributed by atoms with E-state index in [4.69, 9.17) is 0 Å². The summed E-state index contributed by atoms with van der Waals surface area (Å²) < 4.78 is 18.1. The summed E-state index contributed by atoms with van der Waals surface area (Å²) >= 11 is 3.88. The van der Waals surface area contributed by atoms with Crippen molar-refractivity contribution in [2.75, 3.05) is 0 Å². The zero-order chi connectivity index (χ0) is 23.9. The number of hydrogen-bond acceptors (Lipinski definition) is 3. The molecule has 1 aliphatic rings. The summed E-state index contributed by atoms with van der Waals surface area (Å²) in [5, 5.41) is 3.71. The van der Waals surface area contributed by atoms with Gasteiger partial charge in [0.25, 0.3) is 0 Å². The smallest absolute Gasteiger partial charge is 0.173 e. The number of thiophene rings is 2. The summed E-state index contributed by atoms with van der Waals surface area (Å²) in [6.07, 6.45) is 0. The van der Waals surface area contributed by atoms with Crippen molar-refractivity contribution in [3.63, 3.8) is 0 Å². The van der Waals surface area contributed by atoms with E-state index in [1.165, 1.54) is 18.8 Å². The van der Waals surface area contributed by atoms with Crippen LogP contribution in [0.3, 0.4) is 0 Å². The third-order valence-electron chi connectivity index (χ3n) is 8.41. The van der Waals surface area contributed by atoms with Crippen molar-refractivity contribution < 1.29 is 4.57 Å². The van der Waals surface area contributed by atoms with E-state index in [1.807, 2.05) is 40.9 Å². The maximum Gasteiger partial charge on any atom is 0.173 e. The molecule has 1 nitrogen and oxygen atoms in total. The van der Waals surface area contributed by atoms with Crippen LogP contribution in [0, 0.1) is 0 Å². The Morgan fingerprint density at radius 3 is 1.41 bits per heavy atom. The Kier molecular flexibility index (Phi) is 5.64. The van der Waals surface area contributed by atoms with Crippen LogP contribution in [0.4, 0.5) is 0 Å². The van der Waals surface area contributed by atoms with Crippen molar-refractivity contribution in [3.8, 4) is 9.75 Å². The Balaban J connectivity index is 2.01. The normalized spacial score (nSPS) is 16.2. The van der Waals surface area contributed by atoms with Gasteiger partial charge in [0.1, 0.15) is 0 Å². The van der Waals surface area contributed by atoms with Gasteiger partial charge in [0.15, 0.2) is 7.14 Å². The lowest BCUT2D eigenvalue weighted by Gasteiger charge is -2.36. The van der Waals surface area contributed by atoms with Gasteiger partial charge >= 0.3 is 0 Å². The lowest BCUT2D eigenvalue weighted by Crippen LogP contribution is -2.48.